The standard InChI is InChI=1S/C15H14N4O/c16-11-12-3-1-2-4-14(12)19-10-7-15(17-19)18-8-5-13(20)6-9-18/h1-4,7,10H,5-6,8-9H2. The van der Waals surface area contributed by atoms with Crippen LogP contribution in [-0.2, 0) is 4.79 Å². The summed E-state index contributed by atoms with van der Waals surface area (Å²) in [7, 11) is 0. The van der Waals surface area contributed by atoms with Crippen molar-refractivity contribution in [2.75, 3.05) is 18.0 Å². The first kappa shape index (κ1) is 12.4. The summed E-state index contributed by atoms with van der Waals surface area (Å²) in [6.45, 7) is 1.44. The number of rotatable bonds is 2. The molecule has 0 aliphatic carbocycles. The molecule has 1 saturated heterocycles. The maximum atomic E-state index is 11.3. The van der Waals surface area contributed by atoms with Crippen molar-refractivity contribution >= 4 is 11.6 Å². The SMILES string of the molecule is N#Cc1ccccc1-n1ccc(N2CCC(=O)CC2)n1. The highest BCUT2D eigenvalue weighted by Gasteiger charge is 2.18. The van der Waals surface area contributed by atoms with E-state index in [9.17, 15) is 4.79 Å². The Morgan fingerprint density at radius 2 is 1.90 bits per heavy atom. The normalized spacial score (nSPS) is 15.2. The van der Waals surface area contributed by atoms with Gasteiger partial charge in [0.05, 0.1) is 11.3 Å². The van der Waals surface area contributed by atoms with Crippen LogP contribution in [0.2, 0.25) is 0 Å². The lowest BCUT2D eigenvalue weighted by Gasteiger charge is -2.25. The third kappa shape index (κ3) is 2.28. The van der Waals surface area contributed by atoms with Crippen LogP contribution in [0.15, 0.2) is 36.5 Å². The number of para-hydroxylation sites is 1. The molecule has 1 aromatic carbocycles. The third-order valence-corrected chi connectivity index (χ3v) is 3.49. The zero-order valence-corrected chi connectivity index (χ0v) is 11.0. The van der Waals surface area contributed by atoms with Crippen LogP contribution in [0.3, 0.4) is 0 Å². The summed E-state index contributed by atoms with van der Waals surface area (Å²) >= 11 is 0. The second-order valence-corrected chi connectivity index (χ2v) is 4.77. The molecule has 100 valence electrons. The van der Waals surface area contributed by atoms with E-state index in [4.69, 9.17) is 5.26 Å². The van der Waals surface area contributed by atoms with Gasteiger partial charge in [-0.1, -0.05) is 12.1 Å². The van der Waals surface area contributed by atoms with Crippen LogP contribution in [-0.4, -0.2) is 28.7 Å². The molecule has 0 unspecified atom stereocenters. The topological polar surface area (TPSA) is 61.9 Å². The predicted octanol–water partition coefficient (Wildman–Crippen LogP) is 1.91. The van der Waals surface area contributed by atoms with Crippen molar-refractivity contribution in [3.63, 3.8) is 0 Å². The quantitative estimate of drug-likeness (QED) is 0.833. The highest BCUT2D eigenvalue weighted by Crippen LogP contribution is 2.19. The number of nitriles is 1. The first-order chi connectivity index (χ1) is 9.78. The molecular formula is C15H14N4O. The molecule has 1 aliphatic heterocycles. The molecule has 0 spiro atoms. The van der Waals surface area contributed by atoms with E-state index in [1.165, 1.54) is 0 Å². The Morgan fingerprint density at radius 3 is 2.65 bits per heavy atom. The Labute approximate surface area is 117 Å². The van der Waals surface area contributed by atoms with Crippen LogP contribution in [0.25, 0.3) is 5.69 Å². The van der Waals surface area contributed by atoms with Crippen molar-refractivity contribution in [1.82, 2.24) is 9.78 Å². The summed E-state index contributed by atoms with van der Waals surface area (Å²) < 4.78 is 1.71. The van der Waals surface area contributed by atoms with Gasteiger partial charge in [0.15, 0.2) is 5.82 Å². The highest BCUT2D eigenvalue weighted by molar-refractivity contribution is 5.80. The van der Waals surface area contributed by atoms with Crippen LogP contribution >= 0.6 is 0 Å². The molecule has 3 rings (SSSR count). The van der Waals surface area contributed by atoms with Crippen molar-refractivity contribution in [2.24, 2.45) is 0 Å². The Hall–Kier alpha value is -2.61. The van der Waals surface area contributed by atoms with Gasteiger partial charge in [-0.15, -0.1) is 0 Å². The van der Waals surface area contributed by atoms with Gasteiger partial charge in [0.1, 0.15) is 11.9 Å². The number of benzene rings is 1. The van der Waals surface area contributed by atoms with Gasteiger partial charge >= 0.3 is 0 Å². The lowest BCUT2D eigenvalue weighted by Crippen LogP contribution is -2.34. The molecule has 0 atom stereocenters. The average molecular weight is 266 g/mol. The molecule has 1 aliphatic rings. The van der Waals surface area contributed by atoms with E-state index in [2.05, 4.69) is 16.1 Å². The van der Waals surface area contributed by atoms with Gasteiger partial charge in [0.25, 0.3) is 0 Å². The smallest absolute Gasteiger partial charge is 0.151 e. The van der Waals surface area contributed by atoms with E-state index >= 15 is 0 Å². The molecule has 0 bridgehead atoms. The Bertz CT molecular complexity index is 673. The fourth-order valence-corrected chi connectivity index (χ4v) is 2.37. The lowest BCUT2D eigenvalue weighted by atomic mass is 10.1. The fraction of sp³-hybridized carbons (Fsp3) is 0.267. The van der Waals surface area contributed by atoms with E-state index in [1.54, 1.807) is 10.7 Å². The van der Waals surface area contributed by atoms with Crippen molar-refractivity contribution in [3.05, 3.63) is 42.1 Å². The van der Waals surface area contributed by atoms with Gasteiger partial charge in [-0.05, 0) is 12.1 Å². The van der Waals surface area contributed by atoms with Crippen molar-refractivity contribution in [1.29, 1.82) is 5.26 Å². The molecule has 5 nitrogen and oxygen atoms in total. The molecule has 20 heavy (non-hydrogen) atoms. The minimum atomic E-state index is 0.315. The number of piperidine rings is 1. The second kappa shape index (κ2) is 5.17. The number of hydrogen-bond acceptors (Lipinski definition) is 4. The minimum Gasteiger partial charge on any atom is -0.354 e. The average Bonchev–Trinajstić information content (AvgIpc) is 2.97. The molecule has 2 heterocycles. The number of carbonyl (C=O) groups is 1. The van der Waals surface area contributed by atoms with Crippen LogP contribution in [0.4, 0.5) is 5.82 Å². The zero-order chi connectivity index (χ0) is 13.9. The molecule has 0 N–H and O–H groups in total. The number of Topliss-reactive ketones (excluding diaryl/α,β-unsaturated/α-hetero) is 1. The van der Waals surface area contributed by atoms with E-state index in [1.807, 2.05) is 30.5 Å². The summed E-state index contributed by atoms with van der Waals surface area (Å²) in [6.07, 6.45) is 3.02. The predicted molar refractivity (Wildman–Crippen MR) is 74.7 cm³/mol. The van der Waals surface area contributed by atoms with Crippen molar-refractivity contribution < 1.29 is 4.79 Å². The van der Waals surface area contributed by atoms with Crippen LogP contribution in [0.5, 0.6) is 0 Å². The molecule has 2 aromatic rings. The van der Waals surface area contributed by atoms with Crippen LogP contribution < -0.4 is 4.90 Å². The summed E-state index contributed by atoms with van der Waals surface area (Å²) in [5, 5.41) is 13.6. The molecule has 0 amide bonds. The zero-order valence-electron chi connectivity index (χ0n) is 11.0. The second-order valence-electron chi connectivity index (χ2n) is 4.77. The first-order valence-corrected chi connectivity index (χ1v) is 6.60. The van der Waals surface area contributed by atoms with Crippen LogP contribution in [0, 0.1) is 11.3 Å². The number of ketones is 1. The summed E-state index contributed by atoms with van der Waals surface area (Å²) in [6, 6.07) is 11.5. The van der Waals surface area contributed by atoms with Crippen LogP contribution in [0.1, 0.15) is 18.4 Å². The van der Waals surface area contributed by atoms with E-state index in [0.29, 0.717) is 24.2 Å². The maximum absolute atomic E-state index is 11.3. The highest BCUT2D eigenvalue weighted by atomic mass is 16.1. The number of hydrogen-bond donors (Lipinski definition) is 0. The van der Waals surface area contributed by atoms with Gasteiger partial charge in [0.2, 0.25) is 0 Å². The summed E-state index contributed by atoms with van der Waals surface area (Å²) in [5.74, 6) is 1.17. The van der Waals surface area contributed by atoms with Gasteiger partial charge in [-0.2, -0.15) is 10.4 Å². The molecule has 0 saturated carbocycles. The van der Waals surface area contributed by atoms with E-state index in [0.717, 1.165) is 24.6 Å². The van der Waals surface area contributed by atoms with Crippen molar-refractivity contribution in [2.45, 2.75) is 12.8 Å². The number of carbonyl (C=O) groups excluding carboxylic acids is 1. The van der Waals surface area contributed by atoms with Gasteiger partial charge in [-0.3, -0.25) is 4.79 Å². The molecule has 0 radical (unpaired) electrons. The Morgan fingerprint density at radius 1 is 1.15 bits per heavy atom. The third-order valence-electron chi connectivity index (χ3n) is 3.49. The van der Waals surface area contributed by atoms with E-state index in [-0.39, 0.29) is 0 Å². The fourth-order valence-electron chi connectivity index (χ4n) is 2.37. The van der Waals surface area contributed by atoms with Gasteiger partial charge < -0.3 is 4.90 Å². The summed E-state index contributed by atoms with van der Waals surface area (Å²) in [4.78, 5) is 13.4. The summed E-state index contributed by atoms with van der Waals surface area (Å²) in [5.41, 5.74) is 1.37. The number of nitrogens with zero attached hydrogens (tertiary/aromatic N) is 4. The maximum Gasteiger partial charge on any atom is 0.151 e. The molecule has 5 heteroatoms. The Kier molecular flexibility index (Phi) is 3.21. The van der Waals surface area contributed by atoms with E-state index < -0.39 is 0 Å². The number of aromatic nitrogens is 2. The molecule has 1 fully saturated rings. The monoisotopic (exact) mass is 266 g/mol. The largest absolute Gasteiger partial charge is 0.354 e. The van der Waals surface area contributed by atoms with Gasteiger partial charge in [0, 0.05) is 38.2 Å². The molecule has 1 aromatic heterocycles. The van der Waals surface area contributed by atoms with Crippen molar-refractivity contribution in [3.8, 4) is 11.8 Å². The Balaban J connectivity index is 1.87. The van der Waals surface area contributed by atoms with Gasteiger partial charge in [-0.25, -0.2) is 4.68 Å². The minimum absolute atomic E-state index is 0.315. The lowest BCUT2D eigenvalue weighted by molar-refractivity contribution is -0.119. The number of anilines is 1. The first-order valence-electron chi connectivity index (χ1n) is 6.60. The molecular weight excluding hydrogens is 252 g/mol.